The second-order valence-corrected chi connectivity index (χ2v) is 6.11. The summed E-state index contributed by atoms with van der Waals surface area (Å²) in [5, 5.41) is 3.64. The van der Waals surface area contributed by atoms with Gasteiger partial charge in [0.1, 0.15) is 0 Å². The Balaban J connectivity index is 4.79. The first kappa shape index (κ1) is 17.7. The minimum Gasteiger partial charge on any atom is -0.376 e. The van der Waals surface area contributed by atoms with Crippen LogP contribution in [0.25, 0.3) is 0 Å². The number of hydrogen-bond acceptors (Lipinski definition) is 2. The summed E-state index contributed by atoms with van der Waals surface area (Å²) in [4.78, 5) is 0. The highest BCUT2D eigenvalue weighted by Gasteiger charge is 2.32. The van der Waals surface area contributed by atoms with Crippen molar-refractivity contribution >= 4 is 0 Å². The largest absolute Gasteiger partial charge is 0.376 e. The minimum atomic E-state index is 0.148. The molecule has 0 radical (unpaired) electrons. The molecule has 0 heterocycles. The fraction of sp³-hybridized carbons (Fsp3) is 0.875. The van der Waals surface area contributed by atoms with Gasteiger partial charge in [-0.05, 0) is 38.1 Å². The maximum absolute atomic E-state index is 6.01. The van der Waals surface area contributed by atoms with Gasteiger partial charge >= 0.3 is 0 Å². The van der Waals surface area contributed by atoms with Gasteiger partial charge in [0.05, 0.1) is 6.10 Å². The van der Waals surface area contributed by atoms with Gasteiger partial charge in [-0.3, -0.25) is 0 Å². The second-order valence-electron chi connectivity index (χ2n) is 6.11. The molecule has 0 rings (SSSR count). The highest BCUT2D eigenvalue weighted by Crippen LogP contribution is 2.28. The molecule has 2 heteroatoms. The van der Waals surface area contributed by atoms with E-state index in [2.05, 4.69) is 53.4 Å². The van der Waals surface area contributed by atoms with Crippen molar-refractivity contribution in [2.45, 2.75) is 73.0 Å². The molecule has 0 aromatic carbocycles. The van der Waals surface area contributed by atoms with Crippen LogP contribution in [0.5, 0.6) is 0 Å². The Labute approximate surface area is 114 Å². The topological polar surface area (TPSA) is 21.3 Å². The standard InChI is InChI=1S/C16H33NO/c1-8-11-17-14(12-13(4)9-2)15(18-10-3)16(5,6)7/h14-15,17H,4,8-12H2,1-3,5-7H3. The molecule has 0 saturated carbocycles. The summed E-state index contributed by atoms with van der Waals surface area (Å²) in [6.07, 6.45) is 3.45. The lowest BCUT2D eigenvalue weighted by molar-refractivity contribution is -0.0355. The first-order valence-electron chi connectivity index (χ1n) is 7.38. The van der Waals surface area contributed by atoms with Crippen molar-refractivity contribution in [3.05, 3.63) is 12.2 Å². The molecule has 0 aromatic rings. The van der Waals surface area contributed by atoms with E-state index >= 15 is 0 Å². The molecule has 1 N–H and O–H groups in total. The van der Waals surface area contributed by atoms with Crippen LogP contribution in [0.15, 0.2) is 12.2 Å². The summed E-state index contributed by atoms with van der Waals surface area (Å²) in [5.41, 5.74) is 1.45. The average Bonchev–Trinajstić information content (AvgIpc) is 2.30. The van der Waals surface area contributed by atoms with Gasteiger partial charge in [-0.1, -0.05) is 46.8 Å². The van der Waals surface area contributed by atoms with Crippen molar-refractivity contribution in [1.29, 1.82) is 0 Å². The van der Waals surface area contributed by atoms with E-state index in [1.54, 1.807) is 0 Å². The van der Waals surface area contributed by atoms with E-state index in [9.17, 15) is 0 Å². The predicted molar refractivity (Wildman–Crippen MR) is 81.0 cm³/mol. The van der Waals surface area contributed by atoms with E-state index in [0.717, 1.165) is 32.4 Å². The molecule has 0 aromatic heterocycles. The number of rotatable bonds is 9. The Hall–Kier alpha value is -0.340. The molecule has 0 amide bonds. The van der Waals surface area contributed by atoms with Crippen molar-refractivity contribution in [3.8, 4) is 0 Å². The Bertz CT molecular complexity index is 230. The van der Waals surface area contributed by atoms with Crippen LogP contribution in [0.3, 0.4) is 0 Å². The summed E-state index contributed by atoms with van der Waals surface area (Å²) in [5.74, 6) is 0. The van der Waals surface area contributed by atoms with Gasteiger partial charge in [-0.15, -0.1) is 0 Å². The van der Waals surface area contributed by atoms with E-state index in [-0.39, 0.29) is 11.5 Å². The summed E-state index contributed by atoms with van der Waals surface area (Å²) in [6, 6.07) is 0.373. The van der Waals surface area contributed by atoms with Crippen LogP contribution in [-0.4, -0.2) is 25.3 Å². The lowest BCUT2D eigenvalue weighted by Crippen LogP contribution is -2.48. The zero-order chi connectivity index (χ0) is 14.2. The molecule has 108 valence electrons. The van der Waals surface area contributed by atoms with Crippen LogP contribution in [-0.2, 0) is 4.74 Å². The zero-order valence-corrected chi connectivity index (χ0v) is 13.3. The smallest absolute Gasteiger partial charge is 0.0779 e. The fourth-order valence-corrected chi connectivity index (χ4v) is 2.22. The predicted octanol–water partition coefficient (Wildman–Crippen LogP) is 4.16. The molecule has 0 aliphatic heterocycles. The molecule has 0 aliphatic rings. The molecule has 2 unspecified atom stereocenters. The van der Waals surface area contributed by atoms with E-state index < -0.39 is 0 Å². The van der Waals surface area contributed by atoms with Gasteiger partial charge in [0, 0.05) is 12.6 Å². The van der Waals surface area contributed by atoms with Crippen LogP contribution in [0.4, 0.5) is 0 Å². The average molecular weight is 255 g/mol. The second kappa shape index (κ2) is 8.71. The number of hydrogen-bond donors (Lipinski definition) is 1. The summed E-state index contributed by atoms with van der Waals surface area (Å²) in [7, 11) is 0. The van der Waals surface area contributed by atoms with Crippen LogP contribution in [0.2, 0.25) is 0 Å². The van der Waals surface area contributed by atoms with Crippen molar-refractivity contribution in [1.82, 2.24) is 5.32 Å². The molecule has 2 atom stereocenters. The maximum Gasteiger partial charge on any atom is 0.0779 e. The molecule has 0 fully saturated rings. The summed E-state index contributed by atoms with van der Waals surface area (Å²) in [6.45, 7) is 19.2. The van der Waals surface area contributed by atoms with Crippen molar-refractivity contribution in [2.75, 3.05) is 13.2 Å². The molecular weight excluding hydrogens is 222 g/mol. The third kappa shape index (κ3) is 6.55. The van der Waals surface area contributed by atoms with Gasteiger partial charge in [-0.25, -0.2) is 0 Å². The monoisotopic (exact) mass is 255 g/mol. The lowest BCUT2D eigenvalue weighted by atomic mass is 9.82. The molecule has 18 heavy (non-hydrogen) atoms. The third-order valence-corrected chi connectivity index (χ3v) is 3.23. The van der Waals surface area contributed by atoms with Crippen molar-refractivity contribution in [2.24, 2.45) is 5.41 Å². The van der Waals surface area contributed by atoms with Crippen LogP contribution < -0.4 is 5.32 Å². The van der Waals surface area contributed by atoms with E-state index in [4.69, 9.17) is 4.74 Å². The molecule has 0 spiro atoms. The highest BCUT2D eigenvalue weighted by molar-refractivity contribution is 5.00. The van der Waals surface area contributed by atoms with Crippen molar-refractivity contribution in [3.63, 3.8) is 0 Å². The van der Waals surface area contributed by atoms with Gasteiger partial charge in [0.15, 0.2) is 0 Å². The molecular formula is C16H33NO. The lowest BCUT2D eigenvalue weighted by Gasteiger charge is -2.37. The van der Waals surface area contributed by atoms with Crippen LogP contribution >= 0.6 is 0 Å². The molecule has 0 saturated heterocycles. The quantitative estimate of drug-likeness (QED) is 0.625. The Kier molecular flexibility index (Phi) is 8.54. The third-order valence-electron chi connectivity index (χ3n) is 3.23. The van der Waals surface area contributed by atoms with E-state index in [1.807, 2.05) is 0 Å². The highest BCUT2D eigenvalue weighted by atomic mass is 16.5. The first-order chi connectivity index (χ1) is 8.36. The van der Waals surface area contributed by atoms with Gasteiger partial charge in [0.25, 0.3) is 0 Å². The van der Waals surface area contributed by atoms with E-state index in [0.29, 0.717) is 6.04 Å². The minimum absolute atomic E-state index is 0.148. The summed E-state index contributed by atoms with van der Waals surface area (Å²) >= 11 is 0. The zero-order valence-electron chi connectivity index (χ0n) is 13.3. The molecule has 0 aliphatic carbocycles. The Morgan fingerprint density at radius 3 is 2.22 bits per heavy atom. The summed E-state index contributed by atoms with van der Waals surface area (Å²) < 4.78 is 6.01. The molecule has 2 nitrogen and oxygen atoms in total. The van der Waals surface area contributed by atoms with Gasteiger partial charge < -0.3 is 10.1 Å². The maximum atomic E-state index is 6.01. The number of nitrogens with one attached hydrogen (secondary N) is 1. The van der Waals surface area contributed by atoms with Gasteiger partial charge in [0.2, 0.25) is 0 Å². The number of ether oxygens (including phenoxy) is 1. The molecule has 0 bridgehead atoms. The SMILES string of the molecule is C=C(CC)CC(NCCC)C(OCC)C(C)(C)C. The van der Waals surface area contributed by atoms with Crippen LogP contribution in [0.1, 0.15) is 60.8 Å². The normalized spacial score (nSPS) is 15.4. The Morgan fingerprint density at radius 2 is 1.83 bits per heavy atom. The van der Waals surface area contributed by atoms with E-state index in [1.165, 1.54) is 5.57 Å². The van der Waals surface area contributed by atoms with Crippen molar-refractivity contribution < 1.29 is 4.74 Å². The van der Waals surface area contributed by atoms with Crippen LogP contribution in [0, 0.1) is 5.41 Å². The fourth-order valence-electron chi connectivity index (χ4n) is 2.22. The van der Waals surface area contributed by atoms with Gasteiger partial charge in [-0.2, -0.15) is 0 Å². The first-order valence-corrected chi connectivity index (χ1v) is 7.38. The Morgan fingerprint density at radius 1 is 1.22 bits per heavy atom.